The van der Waals surface area contributed by atoms with Gasteiger partial charge in [0, 0.05) is 13.1 Å². The molecule has 0 aliphatic heterocycles. The maximum Gasteiger partial charge on any atom is 0.180 e. The Balaban J connectivity index is 2.48. The topological polar surface area (TPSA) is 55.6 Å². The average Bonchev–Trinajstić information content (AvgIpc) is 2.94. The molecule has 5 nitrogen and oxygen atoms in total. The van der Waals surface area contributed by atoms with Gasteiger partial charge in [-0.25, -0.2) is 15.0 Å². The summed E-state index contributed by atoms with van der Waals surface area (Å²) in [6.07, 6.45) is 5.54. The van der Waals surface area contributed by atoms with Crippen LogP contribution in [0, 0.1) is 0 Å². The number of halogens is 1. The SMILES string of the molecule is CCCNc1nc(-c2cncn2CC)nc(CC)c1Br. The summed E-state index contributed by atoms with van der Waals surface area (Å²) in [7, 11) is 0. The fourth-order valence-corrected chi connectivity index (χ4v) is 2.56. The molecule has 0 aliphatic rings. The molecule has 2 aromatic rings. The lowest BCUT2D eigenvalue weighted by atomic mass is 10.3. The maximum absolute atomic E-state index is 4.65. The van der Waals surface area contributed by atoms with Crippen LogP contribution in [0.1, 0.15) is 32.9 Å². The van der Waals surface area contributed by atoms with Crippen LogP contribution in [0.3, 0.4) is 0 Å². The Morgan fingerprint density at radius 2 is 2.05 bits per heavy atom. The quantitative estimate of drug-likeness (QED) is 0.876. The zero-order chi connectivity index (χ0) is 14.5. The number of nitrogens with zero attached hydrogens (tertiary/aromatic N) is 4. The molecular weight excluding hydrogens is 318 g/mol. The van der Waals surface area contributed by atoms with Crippen molar-refractivity contribution in [3.63, 3.8) is 0 Å². The summed E-state index contributed by atoms with van der Waals surface area (Å²) >= 11 is 3.59. The van der Waals surface area contributed by atoms with Gasteiger partial charge >= 0.3 is 0 Å². The molecule has 0 unspecified atom stereocenters. The van der Waals surface area contributed by atoms with Crippen molar-refractivity contribution in [2.24, 2.45) is 0 Å². The van der Waals surface area contributed by atoms with Crippen LogP contribution in [-0.4, -0.2) is 26.1 Å². The van der Waals surface area contributed by atoms with Gasteiger partial charge in [0.15, 0.2) is 5.82 Å². The van der Waals surface area contributed by atoms with Crippen molar-refractivity contribution < 1.29 is 0 Å². The summed E-state index contributed by atoms with van der Waals surface area (Å²) in [4.78, 5) is 13.5. The van der Waals surface area contributed by atoms with E-state index in [0.29, 0.717) is 0 Å². The van der Waals surface area contributed by atoms with Crippen molar-refractivity contribution in [2.75, 3.05) is 11.9 Å². The Kier molecular flexibility index (Phi) is 5.11. The molecule has 0 bridgehead atoms. The van der Waals surface area contributed by atoms with E-state index in [1.807, 2.05) is 17.1 Å². The van der Waals surface area contributed by atoms with Gasteiger partial charge in [-0.15, -0.1) is 0 Å². The molecule has 108 valence electrons. The number of nitrogens with one attached hydrogen (secondary N) is 1. The van der Waals surface area contributed by atoms with E-state index < -0.39 is 0 Å². The van der Waals surface area contributed by atoms with Crippen molar-refractivity contribution in [1.29, 1.82) is 0 Å². The van der Waals surface area contributed by atoms with Crippen molar-refractivity contribution in [1.82, 2.24) is 19.5 Å². The first-order valence-electron chi connectivity index (χ1n) is 7.01. The van der Waals surface area contributed by atoms with Crippen molar-refractivity contribution in [3.8, 4) is 11.5 Å². The zero-order valence-electron chi connectivity index (χ0n) is 12.1. The van der Waals surface area contributed by atoms with Gasteiger partial charge < -0.3 is 9.88 Å². The van der Waals surface area contributed by atoms with Gasteiger partial charge in [0.25, 0.3) is 0 Å². The van der Waals surface area contributed by atoms with Gasteiger partial charge in [-0.05, 0) is 35.7 Å². The summed E-state index contributed by atoms with van der Waals surface area (Å²) in [5.41, 5.74) is 1.96. The van der Waals surface area contributed by atoms with Crippen LogP contribution in [0.25, 0.3) is 11.5 Å². The Labute approximate surface area is 128 Å². The molecule has 1 N–H and O–H groups in total. The molecule has 6 heteroatoms. The third kappa shape index (κ3) is 3.00. The third-order valence-electron chi connectivity index (χ3n) is 3.08. The van der Waals surface area contributed by atoms with Crippen molar-refractivity contribution in [3.05, 3.63) is 22.7 Å². The number of rotatable bonds is 6. The van der Waals surface area contributed by atoms with E-state index in [0.717, 1.165) is 53.4 Å². The summed E-state index contributed by atoms with van der Waals surface area (Å²) in [6, 6.07) is 0. The molecular formula is C14H20BrN5. The van der Waals surface area contributed by atoms with E-state index in [2.05, 4.69) is 57.0 Å². The summed E-state index contributed by atoms with van der Waals surface area (Å²) in [5.74, 6) is 1.58. The lowest BCUT2D eigenvalue weighted by molar-refractivity contribution is 0.762. The smallest absolute Gasteiger partial charge is 0.180 e. The fourth-order valence-electron chi connectivity index (χ4n) is 1.96. The van der Waals surface area contributed by atoms with Crippen LogP contribution in [0.2, 0.25) is 0 Å². The maximum atomic E-state index is 4.65. The van der Waals surface area contributed by atoms with Crippen LogP contribution >= 0.6 is 15.9 Å². The Bertz CT molecular complexity index is 579. The van der Waals surface area contributed by atoms with E-state index in [9.17, 15) is 0 Å². The lowest BCUT2D eigenvalue weighted by Gasteiger charge is -2.12. The van der Waals surface area contributed by atoms with E-state index >= 15 is 0 Å². The fraction of sp³-hybridized carbons (Fsp3) is 0.500. The van der Waals surface area contributed by atoms with Crippen molar-refractivity contribution in [2.45, 2.75) is 40.2 Å². The van der Waals surface area contributed by atoms with E-state index in [4.69, 9.17) is 0 Å². The number of aryl methyl sites for hydroxylation is 2. The minimum Gasteiger partial charge on any atom is -0.369 e. The van der Waals surface area contributed by atoms with E-state index in [1.165, 1.54) is 0 Å². The minimum absolute atomic E-state index is 0.725. The molecule has 2 rings (SSSR count). The normalized spacial score (nSPS) is 10.8. The van der Waals surface area contributed by atoms with Crippen LogP contribution in [0.15, 0.2) is 17.0 Å². The molecule has 0 atom stereocenters. The highest BCUT2D eigenvalue weighted by atomic mass is 79.9. The number of anilines is 1. The number of hydrogen-bond donors (Lipinski definition) is 1. The summed E-state index contributed by atoms with van der Waals surface area (Å²) in [5, 5.41) is 3.35. The molecule has 0 fully saturated rings. The summed E-state index contributed by atoms with van der Waals surface area (Å²) in [6.45, 7) is 8.06. The average molecular weight is 338 g/mol. The first-order valence-corrected chi connectivity index (χ1v) is 7.81. The Morgan fingerprint density at radius 1 is 1.25 bits per heavy atom. The van der Waals surface area contributed by atoms with Crippen LogP contribution < -0.4 is 5.32 Å². The van der Waals surface area contributed by atoms with Gasteiger partial charge in [0.1, 0.15) is 11.5 Å². The van der Waals surface area contributed by atoms with Gasteiger partial charge in [-0.2, -0.15) is 0 Å². The highest BCUT2D eigenvalue weighted by Gasteiger charge is 2.14. The number of imidazole rings is 1. The molecule has 2 aromatic heterocycles. The molecule has 0 aliphatic carbocycles. The lowest BCUT2D eigenvalue weighted by Crippen LogP contribution is -2.08. The second-order valence-corrected chi connectivity index (χ2v) is 5.29. The second kappa shape index (κ2) is 6.83. The number of aromatic nitrogens is 4. The Morgan fingerprint density at radius 3 is 2.70 bits per heavy atom. The predicted molar refractivity (Wildman–Crippen MR) is 84.8 cm³/mol. The molecule has 0 saturated heterocycles. The van der Waals surface area contributed by atoms with E-state index in [1.54, 1.807) is 0 Å². The van der Waals surface area contributed by atoms with Crippen LogP contribution in [0.4, 0.5) is 5.82 Å². The van der Waals surface area contributed by atoms with E-state index in [-0.39, 0.29) is 0 Å². The molecule has 20 heavy (non-hydrogen) atoms. The first-order chi connectivity index (χ1) is 9.71. The first kappa shape index (κ1) is 15.0. The van der Waals surface area contributed by atoms with Gasteiger partial charge in [-0.3, -0.25) is 0 Å². The van der Waals surface area contributed by atoms with Gasteiger partial charge in [0.05, 0.1) is 22.7 Å². The van der Waals surface area contributed by atoms with Gasteiger partial charge in [0.2, 0.25) is 0 Å². The minimum atomic E-state index is 0.725. The van der Waals surface area contributed by atoms with Crippen molar-refractivity contribution >= 4 is 21.7 Å². The second-order valence-electron chi connectivity index (χ2n) is 4.50. The molecule has 0 aromatic carbocycles. The molecule has 2 heterocycles. The molecule has 0 amide bonds. The highest BCUT2D eigenvalue weighted by Crippen LogP contribution is 2.27. The van der Waals surface area contributed by atoms with Crippen LogP contribution in [-0.2, 0) is 13.0 Å². The molecule has 0 radical (unpaired) electrons. The highest BCUT2D eigenvalue weighted by molar-refractivity contribution is 9.10. The predicted octanol–water partition coefficient (Wildman–Crippen LogP) is 3.51. The standard InChI is InChI=1S/C14H20BrN5/c1-4-7-17-14-12(15)10(5-2)18-13(19-14)11-8-16-9-20(11)6-3/h8-9H,4-7H2,1-3H3,(H,17,18,19). The monoisotopic (exact) mass is 337 g/mol. The third-order valence-corrected chi connectivity index (χ3v) is 3.91. The molecule has 0 saturated carbocycles. The molecule has 0 spiro atoms. The van der Waals surface area contributed by atoms with Gasteiger partial charge in [-0.1, -0.05) is 13.8 Å². The zero-order valence-corrected chi connectivity index (χ0v) is 13.7. The van der Waals surface area contributed by atoms with Crippen LogP contribution in [0.5, 0.6) is 0 Å². The Hall–Kier alpha value is -1.43. The summed E-state index contributed by atoms with van der Waals surface area (Å²) < 4.78 is 3.01. The largest absolute Gasteiger partial charge is 0.369 e. The number of hydrogen-bond acceptors (Lipinski definition) is 4.